The summed E-state index contributed by atoms with van der Waals surface area (Å²) in [5, 5.41) is 0. The summed E-state index contributed by atoms with van der Waals surface area (Å²) in [4.78, 5) is 20.1. The molecule has 3 nitrogen and oxygen atoms in total. The van der Waals surface area contributed by atoms with E-state index in [-0.39, 0.29) is 17.4 Å². The zero-order valence-corrected chi connectivity index (χ0v) is 12.6. The summed E-state index contributed by atoms with van der Waals surface area (Å²) in [5.74, 6) is 1.15. The predicted octanol–water partition coefficient (Wildman–Crippen LogP) is 2.47. The first kappa shape index (κ1) is 12.8. The van der Waals surface area contributed by atoms with Crippen molar-refractivity contribution in [2.75, 3.05) is 20.1 Å². The van der Waals surface area contributed by atoms with Crippen molar-refractivity contribution in [3.8, 4) is 0 Å². The highest BCUT2D eigenvalue weighted by atomic mass is 16.1. The molecule has 1 saturated carbocycles. The molecule has 2 aliphatic heterocycles. The molecule has 3 heteroatoms. The van der Waals surface area contributed by atoms with Gasteiger partial charge in [-0.15, -0.1) is 0 Å². The largest absolute Gasteiger partial charge is 0.306 e. The molecule has 4 rings (SSSR count). The molecule has 0 amide bonds. The van der Waals surface area contributed by atoms with E-state index in [1.54, 1.807) is 0 Å². The maximum Gasteiger partial charge on any atom is 0.139 e. The molecule has 2 aliphatic carbocycles. The summed E-state index contributed by atoms with van der Waals surface area (Å²) in [5.41, 5.74) is 2.92. The fourth-order valence-corrected chi connectivity index (χ4v) is 5.30. The molecule has 0 N–H and O–H groups in total. The van der Waals surface area contributed by atoms with Crippen molar-refractivity contribution < 1.29 is 4.79 Å². The maximum absolute atomic E-state index is 12.7. The summed E-state index contributed by atoms with van der Waals surface area (Å²) < 4.78 is 0. The van der Waals surface area contributed by atoms with Crippen molar-refractivity contribution in [1.29, 1.82) is 0 Å². The average molecular weight is 272 g/mol. The van der Waals surface area contributed by atoms with Gasteiger partial charge in [-0.3, -0.25) is 9.79 Å². The average Bonchev–Trinajstić information content (AvgIpc) is 2.86. The Morgan fingerprint density at radius 3 is 3.10 bits per heavy atom. The summed E-state index contributed by atoms with van der Waals surface area (Å²) in [6, 6.07) is 0.266. The second kappa shape index (κ2) is 4.27. The lowest BCUT2D eigenvalue weighted by atomic mass is 9.62. The van der Waals surface area contributed by atoms with Gasteiger partial charge in [-0.2, -0.15) is 0 Å². The third-order valence-electron chi connectivity index (χ3n) is 6.10. The van der Waals surface area contributed by atoms with E-state index in [2.05, 4.69) is 24.9 Å². The number of carbonyl (C=O) groups excluding carboxylic acids is 1. The standard InChI is InChI=1S/C17H24N2O/c1-11-8-12-10-14(20)16-13-4-7-19(2)6-3-5-17(12,16)15(9-11)18-13/h8,12-13,16H,3-7,9-10H2,1-2H3/t12-,13-,16+,17+/m0/s1. The highest BCUT2D eigenvalue weighted by molar-refractivity contribution is 6.04. The second-order valence-corrected chi connectivity index (χ2v) is 7.32. The molecule has 2 bridgehead atoms. The van der Waals surface area contributed by atoms with Crippen molar-refractivity contribution in [2.24, 2.45) is 22.2 Å². The summed E-state index contributed by atoms with van der Waals surface area (Å²) in [7, 11) is 2.20. The van der Waals surface area contributed by atoms with Crippen LogP contribution in [0.5, 0.6) is 0 Å². The second-order valence-electron chi connectivity index (χ2n) is 7.32. The number of ketones is 1. The van der Waals surface area contributed by atoms with E-state index in [1.807, 2.05) is 0 Å². The third-order valence-corrected chi connectivity index (χ3v) is 6.10. The van der Waals surface area contributed by atoms with Gasteiger partial charge in [0.2, 0.25) is 0 Å². The molecule has 20 heavy (non-hydrogen) atoms. The van der Waals surface area contributed by atoms with Gasteiger partial charge >= 0.3 is 0 Å². The molecule has 0 radical (unpaired) electrons. The Kier molecular flexibility index (Phi) is 2.72. The minimum Gasteiger partial charge on any atom is -0.306 e. The molecule has 0 aromatic heterocycles. The Morgan fingerprint density at radius 2 is 2.25 bits per heavy atom. The first-order valence-corrected chi connectivity index (χ1v) is 8.07. The van der Waals surface area contributed by atoms with Crippen LogP contribution >= 0.6 is 0 Å². The topological polar surface area (TPSA) is 32.7 Å². The monoisotopic (exact) mass is 272 g/mol. The zero-order chi connectivity index (χ0) is 13.9. The first-order valence-electron chi connectivity index (χ1n) is 8.07. The Hall–Kier alpha value is -0.960. The van der Waals surface area contributed by atoms with Crippen molar-refractivity contribution in [1.82, 2.24) is 4.90 Å². The number of hydrogen-bond acceptors (Lipinski definition) is 3. The van der Waals surface area contributed by atoms with E-state index in [0.29, 0.717) is 11.7 Å². The van der Waals surface area contributed by atoms with E-state index in [1.165, 1.54) is 17.7 Å². The molecule has 0 unspecified atom stereocenters. The molecule has 4 atom stereocenters. The van der Waals surface area contributed by atoms with Crippen LogP contribution in [0.2, 0.25) is 0 Å². The molecule has 1 saturated heterocycles. The lowest BCUT2D eigenvalue weighted by Gasteiger charge is -2.39. The smallest absolute Gasteiger partial charge is 0.139 e. The van der Waals surface area contributed by atoms with E-state index in [9.17, 15) is 4.79 Å². The molecule has 4 aliphatic rings. The third kappa shape index (κ3) is 1.56. The number of Topliss-reactive ketones (excluding diaryl/α,β-unsaturated/α-hetero) is 1. The predicted molar refractivity (Wildman–Crippen MR) is 80.0 cm³/mol. The van der Waals surface area contributed by atoms with Gasteiger partial charge in [0, 0.05) is 24.0 Å². The lowest BCUT2D eigenvalue weighted by molar-refractivity contribution is -0.122. The Bertz CT molecular complexity index is 521. The number of rotatable bonds is 0. The van der Waals surface area contributed by atoms with Gasteiger partial charge in [-0.25, -0.2) is 0 Å². The number of aliphatic imine (C=N–C) groups is 1. The lowest BCUT2D eigenvalue weighted by Crippen LogP contribution is -2.41. The van der Waals surface area contributed by atoms with Crippen molar-refractivity contribution in [3.63, 3.8) is 0 Å². The van der Waals surface area contributed by atoms with Crippen LogP contribution in [0.25, 0.3) is 0 Å². The van der Waals surface area contributed by atoms with Crippen LogP contribution < -0.4 is 0 Å². The van der Waals surface area contributed by atoms with Gasteiger partial charge in [0.05, 0.1) is 12.0 Å². The Labute approximate surface area is 121 Å². The molecule has 108 valence electrons. The van der Waals surface area contributed by atoms with Gasteiger partial charge in [-0.1, -0.05) is 11.6 Å². The van der Waals surface area contributed by atoms with Crippen LogP contribution in [-0.2, 0) is 4.79 Å². The zero-order valence-electron chi connectivity index (χ0n) is 12.6. The number of carbonyl (C=O) groups is 1. The van der Waals surface area contributed by atoms with Crippen LogP contribution in [0.4, 0.5) is 0 Å². The van der Waals surface area contributed by atoms with Crippen LogP contribution in [0.3, 0.4) is 0 Å². The molecular weight excluding hydrogens is 248 g/mol. The van der Waals surface area contributed by atoms with Crippen LogP contribution in [-0.4, -0.2) is 42.6 Å². The van der Waals surface area contributed by atoms with Crippen LogP contribution in [0.15, 0.2) is 16.6 Å². The van der Waals surface area contributed by atoms with E-state index < -0.39 is 0 Å². The molecular formula is C17H24N2O. The Balaban J connectivity index is 1.81. The summed E-state index contributed by atoms with van der Waals surface area (Å²) in [6.07, 6.45) is 7.62. The van der Waals surface area contributed by atoms with E-state index >= 15 is 0 Å². The fourth-order valence-electron chi connectivity index (χ4n) is 5.30. The maximum atomic E-state index is 12.7. The summed E-state index contributed by atoms with van der Waals surface area (Å²) >= 11 is 0. The van der Waals surface area contributed by atoms with E-state index in [0.717, 1.165) is 38.8 Å². The normalized spacial score (nSPS) is 44.3. The van der Waals surface area contributed by atoms with Gasteiger partial charge in [-0.05, 0) is 52.2 Å². The van der Waals surface area contributed by atoms with Gasteiger partial charge in [0.25, 0.3) is 0 Å². The van der Waals surface area contributed by atoms with Crippen molar-refractivity contribution >= 4 is 11.5 Å². The van der Waals surface area contributed by atoms with Gasteiger partial charge < -0.3 is 4.90 Å². The number of hydrogen-bond donors (Lipinski definition) is 0. The fraction of sp³-hybridized carbons (Fsp3) is 0.765. The Morgan fingerprint density at radius 1 is 1.40 bits per heavy atom. The van der Waals surface area contributed by atoms with E-state index in [4.69, 9.17) is 4.99 Å². The molecule has 2 heterocycles. The van der Waals surface area contributed by atoms with Gasteiger partial charge in [0.1, 0.15) is 5.78 Å². The highest BCUT2D eigenvalue weighted by Gasteiger charge is 2.62. The number of allylic oxidation sites excluding steroid dienone is 2. The molecule has 1 spiro atoms. The SMILES string of the molecule is CC1=C[C@H]2CC(=O)[C@H]3[C@@H]4CCN(C)CCC[C@]23C(=N4)C1. The number of nitrogens with zero attached hydrogens (tertiary/aromatic N) is 2. The molecule has 0 aromatic carbocycles. The van der Waals surface area contributed by atoms with Crippen molar-refractivity contribution in [2.45, 2.75) is 45.1 Å². The minimum atomic E-state index is 0.117. The van der Waals surface area contributed by atoms with Crippen LogP contribution in [0.1, 0.15) is 39.0 Å². The minimum absolute atomic E-state index is 0.117. The van der Waals surface area contributed by atoms with Gasteiger partial charge in [0.15, 0.2) is 0 Å². The van der Waals surface area contributed by atoms with Crippen LogP contribution in [0, 0.1) is 17.3 Å². The first-order chi connectivity index (χ1) is 9.61. The molecule has 2 fully saturated rings. The summed E-state index contributed by atoms with van der Waals surface area (Å²) in [6.45, 7) is 4.45. The highest BCUT2D eigenvalue weighted by Crippen LogP contribution is 2.59. The quantitative estimate of drug-likeness (QED) is 0.635. The van der Waals surface area contributed by atoms with Crippen molar-refractivity contribution in [3.05, 3.63) is 11.6 Å². The molecule has 0 aromatic rings.